The van der Waals surface area contributed by atoms with Crippen LogP contribution in [0.3, 0.4) is 0 Å². The molecule has 1 heterocycles. The molecule has 0 bridgehead atoms. The fraction of sp³-hybridized carbons (Fsp3) is 0.238. The molecule has 0 aliphatic carbocycles. The van der Waals surface area contributed by atoms with Gasteiger partial charge in [0.05, 0.1) is 17.5 Å². The van der Waals surface area contributed by atoms with Crippen LogP contribution < -0.4 is 5.32 Å². The average molecular weight is 399 g/mol. The molecule has 6 heteroatoms. The van der Waals surface area contributed by atoms with Crippen LogP contribution in [0.2, 0.25) is 0 Å². The molecule has 0 aliphatic heterocycles. The molecule has 2 unspecified atom stereocenters. The number of aromatic nitrogens is 1. The molecule has 3 aromatic rings. The predicted molar refractivity (Wildman–Crippen MR) is 112 cm³/mol. The first-order valence-corrected chi connectivity index (χ1v) is 11.1. The van der Waals surface area contributed by atoms with Crippen molar-refractivity contribution in [2.45, 2.75) is 25.6 Å². The molecule has 0 radical (unpaired) electrons. The topological polar surface area (TPSA) is 59.1 Å². The smallest absolute Gasteiger partial charge is 0.233 e. The predicted octanol–water partition coefficient (Wildman–Crippen LogP) is 4.24. The van der Waals surface area contributed by atoms with E-state index in [1.807, 2.05) is 73.8 Å². The fourth-order valence-electron chi connectivity index (χ4n) is 2.67. The van der Waals surface area contributed by atoms with Gasteiger partial charge in [0.1, 0.15) is 10.8 Å². The molecule has 0 saturated carbocycles. The molecule has 0 saturated heterocycles. The Kier molecular flexibility index (Phi) is 6.53. The summed E-state index contributed by atoms with van der Waals surface area (Å²) < 4.78 is 12.3. The van der Waals surface area contributed by atoms with E-state index in [0.717, 1.165) is 21.8 Å². The standard InChI is InChI=1S/C21H22N2O2S2/c1-15-8-10-18(11-9-15)21-23-19(12-26-21)13-27(25)14-20(24)22-16(2)17-6-4-3-5-7-17/h3-12,16H,13-14H2,1-2H3,(H,22,24). The maximum absolute atomic E-state index is 12.3. The Labute approximate surface area is 166 Å². The second-order valence-electron chi connectivity index (χ2n) is 6.44. The number of hydrogen-bond donors (Lipinski definition) is 1. The van der Waals surface area contributed by atoms with E-state index in [-0.39, 0.29) is 23.5 Å². The normalized spacial score (nSPS) is 13.1. The van der Waals surface area contributed by atoms with E-state index >= 15 is 0 Å². The van der Waals surface area contributed by atoms with Crippen LogP contribution in [-0.4, -0.2) is 20.9 Å². The third-order valence-corrected chi connectivity index (χ3v) is 6.27. The van der Waals surface area contributed by atoms with Gasteiger partial charge in [-0.1, -0.05) is 60.2 Å². The van der Waals surface area contributed by atoms with E-state index in [1.54, 1.807) is 0 Å². The third kappa shape index (κ3) is 5.58. The Morgan fingerprint density at radius 3 is 2.56 bits per heavy atom. The van der Waals surface area contributed by atoms with Crippen LogP contribution >= 0.6 is 11.3 Å². The summed E-state index contributed by atoms with van der Waals surface area (Å²) >= 11 is 1.53. The molecule has 1 aromatic heterocycles. The molecule has 1 N–H and O–H groups in total. The molecular formula is C21H22N2O2S2. The highest BCUT2D eigenvalue weighted by Gasteiger charge is 2.14. The van der Waals surface area contributed by atoms with Gasteiger partial charge in [0.2, 0.25) is 5.91 Å². The number of amides is 1. The van der Waals surface area contributed by atoms with E-state index in [0.29, 0.717) is 0 Å². The van der Waals surface area contributed by atoms with Crippen LogP contribution in [0.4, 0.5) is 0 Å². The van der Waals surface area contributed by atoms with Gasteiger partial charge < -0.3 is 5.32 Å². The second-order valence-corrected chi connectivity index (χ2v) is 8.75. The Balaban J connectivity index is 1.53. The van der Waals surface area contributed by atoms with Gasteiger partial charge >= 0.3 is 0 Å². The number of nitrogens with one attached hydrogen (secondary N) is 1. The van der Waals surface area contributed by atoms with Gasteiger partial charge in [-0.15, -0.1) is 11.3 Å². The van der Waals surface area contributed by atoms with E-state index in [4.69, 9.17) is 0 Å². The Morgan fingerprint density at radius 1 is 1.15 bits per heavy atom. The van der Waals surface area contributed by atoms with Crippen LogP contribution in [0.15, 0.2) is 60.0 Å². The number of carbonyl (C=O) groups is 1. The molecule has 0 fully saturated rings. The number of carbonyl (C=O) groups excluding carboxylic acids is 1. The molecule has 0 aliphatic rings. The van der Waals surface area contributed by atoms with Crippen molar-refractivity contribution in [3.8, 4) is 10.6 Å². The quantitative estimate of drug-likeness (QED) is 0.647. The summed E-state index contributed by atoms with van der Waals surface area (Å²) in [6.45, 7) is 3.97. The minimum Gasteiger partial charge on any atom is -0.349 e. The lowest BCUT2D eigenvalue weighted by atomic mass is 10.1. The molecular weight excluding hydrogens is 376 g/mol. The first-order chi connectivity index (χ1) is 13.0. The highest BCUT2D eigenvalue weighted by molar-refractivity contribution is 7.84. The van der Waals surface area contributed by atoms with Crippen molar-refractivity contribution in [1.29, 1.82) is 0 Å². The van der Waals surface area contributed by atoms with Crippen molar-refractivity contribution in [2.75, 3.05) is 5.75 Å². The summed E-state index contributed by atoms with van der Waals surface area (Å²) in [6, 6.07) is 17.8. The summed E-state index contributed by atoms with van der Waals surface area (Å²) in [4.78, 5) is 16.7. The SMILES string of the molecule is Cc1ccc(-c2nc(CS(=O)CC(=O)NC(C)c3ccccc3)cs2)cc1. The van der Waals surface area contributed by atoms with Crippen LogP contribution in [0.5, 0.6) is 0 Å². The van der Waals surface area contributed by atoms with Crippen molar-refractivity contribution >= 4 is 28.0 Å². The summed E-state index contributed by atoms with van der Waals surface area (Å²) in [7, 11) is -1.29. The Bertz CT molecular complexity index is 921. The summed E-state index contributed by atoms with van der Waals surface area (Å²) in [5, 5.41) is 5.72. The highest BCUT2D eigenvalue weighted by Crippen LogP contribution is 2.24. The van der Waals surface area contributed by atoms with Crippen molar-refractivity contribution in [3.05, 3.63) is 76.8 Å². The lowest BCUT2D eigenvalue weighted by Gasteiger charge is -2.13. The zero-order chi connectivity index (χ0) is 19.2. The van der Waals surface area contributed by atoms with Crippen LogP contribution in [-0.2, 0) is 21.3 Å². The minimum absolute atomic E-state index is 0.0193. The van der Waals surface area contributed by atoms with E-state index in [1.165, 1.54) is 16.9 Å². The molecule has 140 valence electrons. The number of thiazole rings is 1. The molecule has 2 aromatic carbocycles. The fourth-order valence-corrected chi connectivity index (χ4v) is 4.56. The summed E-state index contributed by atoms with van der Waals surface area (Å²) in [5.41, 5.74) is 4.04. The van der Waals surface area contributed by atoms with Gasteiger partial charge in [0.25, 0.3) is 0 Å². The number of rotatable bonds is 7. The maximum atomic E-state index is 12.3. The zero-order valence-electron chi connectivity index (χ0n) is 15.3. The Morgan fingerprint density at radius 2 is 1.85 bits per heavy atom. The maximum Gasteiger partial charge on any atom is 0.233 e. The molecule has 3 rings (SSSR count). The van der Waals surface area contributed by atoms with Crippen LogP contribution in [0, 0.1) is 6.92 Å². The molecule has 4 nitrogen and oxygen atoms in total. The molecule has 2 atom stereocenters. The number of benzene rings is 2. The van der Waals surface area contributed by atoms with Crippen molar-refractivity contribution < 1.29 is 9.00 Å². The third-order valence-electron chi connectivity index (χ3n) is 4.13. The van der Waals surface area contributed by atoms with Gasteiger partial charge in [-0.2, -0.15) is 0 Å². The van der Waals surface area contributed by atoms with Crippen LogP contribution in [0.25, 0.3) is 10.6 Å². The minimum atomic E-state index is -1.29. The number of nitrogens with zero attached hydrogens (tertiary/aromatic N) is 1. The second kappa shape index (κ2) is 9.06. The number of aryl methyl sites for hydroxylation is 1. The molecule has 1 amide bonds. The monoisotopic (exact) mass is 398 g/mol. The van der Waals surface area contributed by atoms with Crippen molar-refractivity contribution in [2.24, 2.45) is 0 Å². The van der Waals surface area contributed by atoms with Gasteiger partial charge in [0, 0.05) is 21.7 Å². The van der Waals surface area contributed by atoms with E-state index in [2.05, 4.69) is 10.3 Å². The molecule has 0 spiro atoms. The van der Waals surface area contributed by atoms with E-state index < -0.39 is 10.8 Å². The number of hydrogen-bond acceptors (Lipinski definition) is 4. The molecule has 27 heavy (non-hydrogen) atoms. The lowest BCUT2D eigenvalue weighted by molar-refractivity contribution is -0.119. The lowest BCUT2D eigenvalue weighted by Crippen LogP contribution is -2.31. The average Bonchev–Trinajstić information content (AvgIpc) is 3.11. The van der Waals surface area contributed by atoms with E-state index in [9.17, 15) is 9.00 Å². The van der Waals surface area contributed by atoms with Gasteiger partial charge in [-0.3, -0.25) is 9.00 Å². The zero-order valence-corrected chi connectivity index (χ0v) is 17.0. The summed E-state index contributed by atoms with van der Waals surface area (Å²) in [5.74, 6) is 0.0584. The van der Waals surface area contributed by atoms with Crippen molar-refractivity contribution in [1.82, 2.24) is 10.3 Å². The van der Waals surface area contributed by atoms with Crippen LogP contribution in [0.1, 0.15) is 29.8 Å². The Hall–Kier alpha value is -2.31. The van der Waals surface area contributed by atoms with Gasteiger partial charge in [-0.05, 0) is 19.4 Å². The first-order valence-electron chi connectivity index (χ1n) is 8.72. The largest absolute Gasteiger partial charge is 0.349 e. The van der Waals surface area contributed by atoms with Gasteiger partial charge in [0.15, 0.2) is 0 Å². The summed E-state index contributed by atoms with van der Waals surface area (Å²) in [6.07, 6.45) is 0. The highest BCUT2D eigenvalue weighted by atomic mass is 32.2. The van der Waals surface area contributed by atoms with Gasteiger partial charge in [-0.25, -0.2) is 4.98 Å². The first kappa shape index (κ1) is 19.5. The van der Waals surface area contributed by atoms with Crippen molar-refractivity contribution in [3.63, 3.8) is 0 Å².